The van der Waals surface area contributed by atoms with Crippen LogP contribution in [0.25, 0.3) is 45.0 Å². The van der Waals surface area contributed by atoms with Gasteiger partial charge in [-0.1, -0.05) is 78.9 Å². The Morgan fingerprint density at radius 2 is 1.07 bits per heavy atom. The third kappa shape index (κ3) is 7.81. The van der Waals surface area contributed by atoms with Crippen molar-refractivity contribution in [1.82, 2.24) is 38.7 Å². The molecule has 2 aliphatic rings. The van der Waals surface area contributed by atoms with Crippen LogP contribution in [0.3, 0.4) is 0 Å². The van der Waals surface area contributed by atoms with Crippen LogP contribution >= 0.6 is 0 Å². The normalized spacial score (nSPS) is 13.6. The van der Waals surface area contributed by atoms with Crippen LogP contribution in [0.4, 0.5) is 14.7 Å². The Labute approximate surface area is 337 Å². The predicted octanol–water partition coefficient (Wildman–Crippen LogP) is 6.54. The first kappa shape index (κ1) is 38.8. The van der Waals surface area contributed by atoms with Crippen LogP contribution in [0.5, 0.6) is 0 Å². The molecule has 298 valence electrons. The molecule has 4 aromatic heterocycles. The summed E-state index contributed by atoms with van der Waals surface area (Å²) >= 11 is 0. The van der Waals surface area contributed by atoms with E-state index in [1.807, 2.05) is 66.2 Å². The first-order valence-corrected chi connectivity index (χ1v) is 20.5. The van der Waals surface area contributed by atoms with E-state index in [9.17, 15) is 26.8 Å². The fourth-order valence-electron chi connectivity index (χ4n) is 7.12. The highest BCUT2D eigenvalue weighted by Gasteiger charge is 2.26. The van der Waals surface area contributed by atoms with Gasteiger partial charge in [-0.25, -0.2) is 46.5 Å². The molecule has 13 nitrogen and oxygen atoms in total. The quantitative estimate of drug-likeness (QED) is 0.133. The average molecular weight is 814 g/mol. The van der Waals surface area contributed by atoms with Crippen molar-refractivity contribution in [2.75, 3.05) is 11.6 Å². The van der Waals surface area contributed by atoms with Crippen molar-refractivity contribution in [3.05, 3.63) is 166 Å². The van der Waals surface area contributed by atoms with Crippen molar-refractivity contribution in [1.29, 1.82) is 0 Å². The minimum Gasteiger partial charge on any atom is -0.348 e. The highest BCUT2D eigenvalue weighted by atomic mass is 32.2. The molecular formula is C43H37F2N9O4S. The molecule has 0 unspecified atom stereocenters. The lowest BCUT2D eigenvalue weighted by Crippen LogP contribution is -2.25. The van der Waals surface area contributed by atoms with Crippen LogP contribution in [0.1, 0.15) is 18.5 Å². The van der Waals surface area contributed by atoms with Gasteiger partial charge in [0.15, 0.2) is 0 Å². The SMILES string of the molecule is CS(=O)(=O)c1nccc(-c2c(-c3ccc(F)cc3)c(=O)n3n2CC=CC3)n1.C[C@H](Nc1nccc(-c2c(-c3ccc(F)cc3)c(=O)n3n2CC=CC3)n1)c1ccccc1. The van der Waals surface area contributed by atoms with Crippen molar-refractivity contribution in [2.24, 2.45) is 0 Å². The minimum absolute atomic E-state index is 0.0108. The molecule has 16 heteroatoms. The van der Waals surface area contributed by atoms with E-state index in [1.165, 1.54) is 42.6 Å². The van der Waals surface area contributed by atoms with Gasteiger partial charge in [0.05, 0.1) is 66.1 Å². The van der Waals surface area contributed by atoms with Crippen molar-refractivity contribution < 1.29 is 17.2 Å². The lowest BCUT2D eigenvalue weighted by Gasteiger charge is -2.17. The largest absolute Gasteiger partial charge is 0.348 e. The zero-order valence-corrected chi connectivity index (χ0v) is 32.7. The summed E-state index contributed by atoms with van der Waals surface area (Å²) in [6.45, 7) is 3.90. The second-order valence-corrected chi connectivity index (χ2v) is 15.8. The number of aromatic nitrogens is 8. The second-order valence-electron chi connectivity index (χ2n) is 13.9. The molecule has 9 rings (SSSR count). The van der Waals surface area contributed by atoms with E-state index >= 15 is 0 Å². The summed E-state index contributed by atoms with van der Waals surface area (Å²) in [6, 6.07) is 25.0. The maximum Gasteiger partial charge on any atom is 0.275 e. The molecule has 0 radical (unpaired) electrons. The predicted molar refractivity (Wildman–Crippen MR) is 220 cm³/mol. The molecule has 0 spiro atoms. The number of allylic oxidation sites excluding steroid dienone is 4. The van der Waals surface area contributed by atoms with Crippen LogP contribution in [-0.2, 0) is 36.0 Å². The van der Waals surface area contributed by atoms with Crippen molar-refractivity contribution in [3.8, 4) is 45.0 Å². The lowest BCUT2D eigenvalue weighted by molar-refractivity contribution is 0.497. The summed E-state index contributed by atoms with van der Waals surface area (Å²) < 4.78 is 57.5. The fraction of sp³-hybridized carbons (Fsp3) is 0.163. The van der Waals surface area contributed by atoms with Crippen LogP contribution in [0, 0.1) is 11.6 Å². The summed E-state index contributed by atoms with van der Waals surface area (Å²) in [6.07, 6.45) is 11.8. The van der Waals surface area contributed by atoms with Gasteiger partial charge in [0.1, 0.15) is 11.6 Å². The molecule has 0 amide bonds. The molecule has 6 heterocycles. The number of fused-ring (bicyclic) bond motifs is 2. The average Bonchev–Trinajstić information content (AvgIpc) is 3.72. The van der Waals surface area contributed by atoms with Crippen molar-refractivity contribution in [3.63, 3.8) is 0 Å². The van der Waals surface area contributed by atoms with Gasteiger partial charge in [-0.3, -0.25) is 19.0 Å². The third-order valence-corrected chi connectivity index (χ3v) is 10.8. The van der Waals surface area contributed by atoms with Gasteiger partial charge in [0.25, 0.3) is 11.1 Å². The van der Waals surface area contributed by atoms with Gasteiger partial charge in [-0.05, 0) is 60.0 Å². The zero-order valence-electron chi connectivity index (χ0n) is 31.9. The van der Waals surface area contributed by atoms with E-state index in [-0.39, 0.29) is 28.1 Å². The Kier molecular flexibility index (Phi) is 10.6. The maximum absolute atomic E-state index is 13.5. The Morgan fingerprint density at radius 3 is 1.56 bits per heavy atom. The first-order chi connectivity index (χ1) is 28.5. The monoisotopic (exact) mass is 813 g/mol. The van der Waals surface area contributed by atoms with E-state index < -0.39 is 15.7 Å². The van der Waals surface area contributed by atoms with Gasteiger partial charge >= 0.3 is 0 Å². The smallest absolute Gasteiger partial charge is 0.275 e. The zero-order chi connectivity index (χ0) is 41.3. The van der Waals surface area contributed by atoms with Gasteiger partial charge in [-0.2, -0.15) is 0 Å². The summed E-state index contributed by atoms with van der Waals surface area (Å²) in [5.41, 5.74) is 4.91. The van der Waals surface area contributed by atoms with Crippen molar-refractivity contribution >= 4 is 15.8 Å². The summed E-state index contributed by atoms with van der Waals surface area (Å²) in [4.78, 5) is 43.4. The molecule has 1 N–H and O–H groups in total. The Balaban J connectivity index is 0.000000167. The maximum atomic E-state index is 13.5. The van der Waals surface area contributed by atoms with Crippen LogP contribution in [0.2, 0.25) is 0 Å². The molecule has 0 bridgehead atoms. The van der Waals surface area contributed by atoms with Crippen LogP contribution < -0.4 is 16.4 Å². The molecule has 7 aromatic rings. The molecule has 0 saturated carbocycles. The standard InChI is InChI=1S/C25H22FN5O.C18H15FN4O3S/c1-17(18-7-3-2-4-8-18)28-25-27-14-13-21(29-25)23-22(19-9-11-20(26)12-10-19)24(32)31-16-6-5-15-30(23)31;1-27(25,26)18-20-9-8-14(21-18)16-15(12-4-6-13(19)7-5-12)17(24)23-11-3-2-10-22(16)23/h2-14,17H,15-16H2,1H3,(H,27,28,29);2-9H,10-11H2,1H3/t17-;/m0./s1. The van der Waals surface area contributed by atoms with Crippen LogP contribution in [-0.4, -0.2) is 53.3 Å². The highest BCUT2D eigenvalue weighted by Crippen LogP contribution is 2.32. The summed E-state index contributed by atoms with van der Waals surface area (Å²) in [5, 5.41) is 3.03. The summed E-state index contributed by atoms with van der Waals surface area (Å²) in [5.74, 6) is -0.278. The van der Waals surface area contributed by atoms with Gasteiger partial charge in [0, 0.05) is 18.6 Å². The highest BCUT2D eigenvalue weighted by molar-refractivity contribution is 7.90. The van der Waals surface area contributed by atoms with Gasteiger partial charge in [-0.15, -0.1) is 0 Å². The van der Waals surface area contributed by atoms with E-state index in [0.29, 0.717) is 77.2 Å². The number of nitrogens with zero attached hydrogens (tertiary/aromatic N) is 8. The number of rotatable bonds is 8. The molecule has 3 aromatic carbocycles. The molecular weight excluding hydrogens is 777 g/mol. The lowest BCUT2D eigenvalue weighted by atomic mass is 10.0. The van der Waals surface area contributed by atoms with Crippen LogP contribution in [0.15, 0.2) is 142 Å². The number of hydrogen-bond donors (Lipinski definition) is 1. The van der Waals surface area contributed by atoms with E-state index in [2.05, 4.69) is 20.3 Å². The Bertz CT molecular complexity index is 2970. The van der Waals surface area contributed by atoms with E-state index in [4.69, 9.17) is 4.98 Å². The topological polar surface area (TPSA) is 152 Å². The number of nitrogens with one attached hydrogen (secondary N) is 1. The second kappa shape index (κ2) is 16.1. The molecule has 59 heavy (non-hydrogen) atoms. The first-order valence-electron chi connectivity index (χ1n) is 18.7. The third-order valence-electron chi connectivity index (χ3n) is 9.93. The Hall–Kier alpha value is -7.07. The van der Waals surface area contributed by atoms with Gasteiger partial charge in [0.2, 0.25) is 20.9 Å². The number of anilines is 1. The molecule has 0 fully saturated rings. The molecule has 0 saturated heterocycles. The molecule has 0 aliphatic carbocycles. The fourth-order valence-corrected chi connectivity index (χ4v) is 7.64. The number of benzene rings is 3. The summed E-state index contributed by atoms with van der Waals surface area (Å²) in [7, 11) is -3.61. The minimum atomic E-state index is -3.61. The van der Waals surface area contributed by atoms with E-state index in [1.54, 1.807) is 44.5 Å². The molecule has 2 aliphatic heterocycles. The number of sulfone groups is 1. The Morgan fingerprint density at radius 1 is 0.610 bits per heavy atom. The van der Waals surface area contributed by atoms with Gasteiger partial charge < -0.3 is 5.32 Å². The number of halogens is 2. The van der Waals surface area contributed by atoms with E-state index in [0.717, 1.165) is 11.8 Å². The number of hydrogen-bond acceptors (Lipinski definition) is 9. The molecule has 1 atom stereocenters. The van der Waals surface area contributed by atoms with Crippen molar-refractivity contribution in [2.45, 2.75) is 44.3 Å².